The van der Waals surface area contributed by atoms with Crippen molar-refractivity contribution in [2.45, 2.75) is 0 Å². The molecule has 122 valence electrons. The first-order chi connectivity index (χ1) is 11.7. The third kappa shape index (κ3) is 3.02. The SMILES string of the molecule is COc1ccc([P+](C)(c2ccccc2)c2ccc(OC)cc2)cc1. The molecule has 0 saturated carbocycles. The summed E-state index contributed by atoms with van der Waals surface area (Å²) in [5.74, 6) is 1.76. The summed E-state index contributed by atoms with van der Waals surface area (Å²) >= 11 is 0. The second-order valence-electron chi connectivity index (χ2n) is 5.74. The van der Waals surface area contributed by atoms with Crippen molar-refractivity contribution >= 4 is 23.2 Å². The molecule has 0 bridgehead atoms. The van der Waals surface area contributed by atoms with Gasteiger partial charge in [-0.3, -0.25) is 0 Å². The van der Waals surface area contributed by atoms with Crippen LogP contribution in [0.5, 0.6) is 11.5 Å². The second-order valence-corrected chi connectivity index (χ2v) is 9.30. The Labute approximate surface area is 144 Å². The van der Waals surface area contributed by atoms with Gasteiger partial charge < -0.3 is 9.47 Å². The minimum absolute atomic E-state index is 0.882. The molecule has 0 unspecified atom stereocenters. The van der Waals surface area contributed by atoms with Crippen LogP contribution in [0.2, 0.25) is 0 Å². The van der Waals surface area contributed by atoms with Crippen LogP contribution in [0.25, 0.3) is 0 Å². The lowest BCUT2D eigenvalue weighted by Gasteiger charge is -2.23. The van der Waals surface area contributed by atoms with Crippen LogP contribution in [0.1, 0.15) is 0 Å². The molecular formula is C21H22O2P+. The number of rotatable bonds is 5. The van der Waals surface area contributed by atoms with Crippen molar-refractivity contribution in [1.29, 1.82) is 0 Å². The largest absolute Gasteiger partial charge is 0.497 e. The van der Waals surface area contributed by atoms with Crippen molar-refractivity contribution in [3.63, 3.8) is 0 Å². The Morgan fingerprint density at radius 2 is 0.917 bits per heavy atom. The normalized spacial score (nSPS) is 11.1. The molecule has 0 saturated heterocycles. The smallest absolute Gasteiger partial charge is 0.119 e. The highest BCUT2D eigenvalue weighted by atomic mass is 31.2. The Hall–Kier alpha value is -2.31. The van der Waals surface area contributed by atoms with Crippen LogP contribution in [0.4, 0.5) is 0 Å². The number of methoxy groups -OCH3 is 2. The number of ether oxygens (including phenoxy) is 2. The van der Waals surface area contributed by atoms with E-state index in [0.717, 1.165) is 11.5 Å². The highest BCUT2D eigenvalue weighted by Gasteiger charge is 2.40. The van der Waals surface area contributed by atoms with Gasteiger partial charge in [0, 0.05) is 0 Å². The van der Waals surface area contributed by atoms with E-state index in [2.05, 4.69) is 61.3 Å². The van der Waals surface area contributed by atoms with Gasteiger partial charge in [0.25, 0.3) is 0 Å². The standard InChI is InChI=1S/C21H22O2P/c1-22-17-9-13-20(14-10-17)24(3,19-7-5-4-6-8-19)21-15-11-18(23-2)12-16-21/h4-16H,1-3H3/q+1. The lowest BCUT2D eigenvalue weighted by Crippen LogP contribution is -2.30. The monoisotopic (exact) mass is 337 g/mol. The second kappa shape index (κ2) is 7.07. The zero-order valence-corrected chi connectivity index (χ0v) is 15.2. The van der Waals surface area contributed by atoms with Crippen LogP contribution in [-0.2, 0) is 0 Å². The predicted octanol–water partition coefficient (Wildman–Crippen LogP) is 3.63. The maximum absolute atomic E-state index is 5.32. The summed E-state index contributed by atoms with van der Waals surface area (Å²) < 4.78 is 10.6. The molecule has 24 heavy (non-hydrogen) atoms. The van der Waals surface area contributed by atoms with Gasteiger partial charge in [0.2, 0.25) is 0 Å². The van der Waals surface area contributed by atoms with Crippen molar-refractivity contribution < 1.29 is 9.47 Å². The maximum Gasteiger partial charge on any atom is 0.119 e. The molecule has 0 amide bonds. The fourth-order valence-electron chi connectivity index (χ4n) is 2.93. The number of benzene rings is 3. The van der Waals surface area contributed by atoms with Gasteiger partial charge in [-0.15, -0.1) is 0 Å². The molecule has 0 aliphatic carbocycles. The van der Waals surface area contributed by atoms with Crippen LogP contribution in [0.3, 0.4) is 0 Å². The first kappa shape index (κ1) is 16.5. The van der Waals surface area contributed by atoms with Crippen molar-refractivity contribution in [1.82, 2.24) is 0 Å². The third-order valence-electron chi connectivity index (χ3n) is 4.45. The molecular weight excluding hydrogens is 315 g/mol. The van der Waals surface area contributed by atoms with Gasteiger partial charge >= 0.3 is 0 Å². The van der Waals surface area contributed by atoms with E-state index >= 15 is 0 Å². The summed E-state index contributed by atoms with van der Waals surface area (Å²) in [4.78, 5) is 0. The maximum atomic E-state index is 5.32. The lowest BCUT2D eigenvalue weighted by molar-refractivity contribution is 0.415. The van der Waals surface area contributed by atoms with Gasteiger partial charge in [-0.05, 0) is 60.7 Å². The van der Waals surface area contributed by atoms with Crippen LogP contribution < -0.4 is 25.4 Å². The van der Waals surface area contributed by atoms with E-state index < -0.39 is 7.26 Å². The van der Waals surface area contributed by atoms with Gasteiger partial charge in [0.15, 0.2) is 0 Å². The van der Waals surface area contributed by atoms with Crippen molar-refractivity contribution in [2.75, 3.05) is 20.9 Å². The molecule has 0 heterocycles. The van der Waals surface area contributed by atoms with Gasteiger partial charge in [-0.1, -0.05) is 18.2 Å². The molecule has 2 nitrogen and oxygen atoms in total. The Kier molecular flexibility index (Phi) is 4.87. The lowest BCUT2D eigenvalue weighted by atomic mass is 10.3. The molecule has 0 radical (unpaired) electrons. The minimum atomic E-state index is -1.70. The van der Waals surface area contributed by atoms with Crippen LogP contribution in [0, 0.1) is 0 Å². The van der Waals surface area contributed by atoms with Crippen LogP contribution in [0.15, 0.2) is 78.9 Å². The summed E-state index contributed by atoms with van der Waals surface area (Å²) in [6, 6.07) is 27.6. The van der Waals surface area contributed by atoms with E-state index in [-0.39, 0.29) is 0 Å². The fourth-order valence-corrected chi connectivity index (χ4v) is 6.09. The average Bonchev–Trinajstić information content (AvgIpc) is 2.68. The van der Waals surface area contributed by atoms with Crippen LogP contribution in [-0.4, -0.2) is 20.9 Å². The van der Waals surface area contributed by atoms with E-state index in [9.17, 15) is 0 Å². The number of hydrogen-bond acceptors (Lipinski definition) is 2. The minimum Gasteiger partial charge on any atom is -0.497 e. The molecule has 0 atom stereocenters. The third-order valence-corrected chi connectivity index (χ3v) is 8.44. The van der Waals surface area contributed by atoms with E-state index in [1.165, 1.54) is 15.9 Å². The van der Waals surface area contributed by atoms with Crippen LogP contribution >= 0.6 is 7.26 Å². The Balaban J connectivity index is 2.16. The first-order valence-electron chi connectivity index (χ1n) is 7.90. The summed E-state index contributed by atoms with van der Waals surface area (Å²) in [7, 11) is 1.70. The summed E-state index contributed by atoms with van der Waals surface area (Å²) in [5, 5.41) is 4.03. The van der Waals surface area contributed by atoms with Crippen molar-refractivity contribution in [3.05, 3.63) is 78.9 Å². The molecule has 3 rings (SSSR count). The molecule has 3 aromatic rings. The van der Waals surface area contributed by atoms with E-state index in [0.29, 0.717) is 0 Å². The van der Waals surface area contributed by atoms with Gasteiger partial charge in [0.1, 0.15) is 34.7 Å². The molecule has 3 aromatic carbocycles. The average molecular weight is 337 g/mol. The van der Waals surface area contributed by atoms with Crippen molar-refractivity contribution in [2.24, 2.45) is 0 Å². The topological polar surface area (TPSA) is 18.5 Å². The molecule has 0 aliphatic heterocycles. The molecule has 3 heteroatoms. The van der Waals surface area contributed by atoms with Gasteiger partial charge in [-0.2, -0.15) is 0 Å². The summed E-state index contributed by atoms with van der Waals surface area (Å²) in [6.45, 7) is 2.37. The Bertz CT molecular complexity index is 733. The quantitative estimate of drug-likeness (QED) is 0.662. The highest BCUT2D eigenvalue weighted by molar-refractivity contribution is 7.95. The van der Waals surface area contributed by atoms with Gasteiger partial charge in [0.05, 0.1) is 20.9 Å². The molecule has 0 aliphatic rings. The summed E-state index contributed by atoms with van der Waals surface area (Å²) in [5.41, 5.74) is 0. The van der Waals surface area contributed by atoms with Gasteiger partial charge in [-0.25, -0.2) is 0 Å². The zero-order valence-electron chi connectivity index (χ0n) is 14.3. The van der Waals surface area contributed by atoms with E-state index in [1.54, 1.807) is 14.2 Å². The zero-order chi connectivity index (χ0) is 17.0. The van der Waals surface area contributed by atoms with E-state index in [1.807, 2.05) is 24.3 Å². The Morgan fingerprint density at radius 3 is 1.29 bits per heavy atom. The fraction of sp³-hybridized carbons (Fsp3) is 0.143. The molecule has 0 aromatic heterocycles. The number of hydrogen-bond donors (Lipinski definition) is 0. The summed E-state index contributed by atoms with van der Waals surface area (Å²) in [6.07, 6.45) is 0. The Morgan fingerprint density at radius 1 is 0.542 bits per heavy atom. The molecule has 0 N–H and O–H groups in total. The highest BCUT2D eigenvalue weighted by Crippen LogP contribution is 2.51. The predicted molar refractivity (Wildman–Crippen MR) is 104 cm³/mol. The molecule has 0 fully saturated rings. The van der Waals surface area contributed by atoms with Crippen molar-refractivity contribution in [3.8, 4) is 11.5 Å². The molecule has 0 spiro atoms. The first-order valence-corrected chi connectivity index (χ1v) is 10.1. The van der Waals surface area contributed by atoms with E-state index in [4.69, 9.17) is 9.47 Å².